The van der Waals surface area contributed by atoms with Crippen LogP contribution in [0.1, 0.15) is 31.2 Å². The molecule has 2 unspecified atom stereocenters. The predicted octanol–water partition coefficient (Wildman–Crippen LogP) is 1.95. The molecule has 1 aromatic rings. The highest BCUT2D eigenvalue weighted by Crippen LogP contribution is 2.33. The molecule has 1 aromatic heterocycles. The van der Waals surface area contributed by atoms with Crippen molar-refractivity contribution in [3.8, 4) is 0 Å². The minimum absolute atomic E-state index is 0.429. The summed E-state index contributed by atoms with van der Waals surface area (Å²) in [4.78, 5) is 6.82. The van der Waals surface area contributed by atoms with Crippen LogP contribution in [0.15, 0.2) is 18.5 Å². The smallest absolute Gasteiger partial charge is 0.0779 e. The third-order valence-electron chi connectivity index (χ3n) is 4.29. The van der Waals surface area contributed by atoms with Gasteiger partial charge in [-0.1, -0.05) is 12.8 Å². The first kappa shape index (κ1) is 12.9. The van der Waals surface area contributed by atoms with E-state index in [-0.39, 0.29) is 0 Å². The van der Waals surface area contributed by atoms with E-state index < -0.39 is 0 Å². The molecule has 0 aromatic carbocycles. The van der Waals surface area contributed by atoms with Crippen molar-refractivity contribution in [2.45, 2.75) is 44.4 Å². The monoisotopic (exact) mass is 261 g/mol. The lowest BCUT2D eigenvalue weighted by Gasteiger charge is -2.45. The number of nitrogens with one attached hydrogen (secondary N) is 1. The molecular formula is C15H23N3O. The first-order chi connectivity index (χ1) is 9.40. The van der Waals surface area contributed by atoms with Crippen molar-refractivity contribution in [3.05, 3.63) is 24.0 Å². The van der Waals surface area contributed by atoms with E-state index in [4.69, 9.17) is 4.74 Å². The van der Waals surface area contributed by atoms with Gasteiger partial charge in [0.15, 0.2) is 0 Å². The molecule has 104 valence electrons. The summed E-state index contributed by atoms with van der Waals surface area (Å²) >= 11 is 0. The first-order valence-corrected chi connectivity index (χ1v) is 7.36. The van der Waals surface area contributed by atoms with Crippen molar-refractivity contribution in [2.75, 3.05) is 25.1 Å². The van der Waals surface area contributed by atoms with Crippen molar-refractivity contribution in [3.63, 3.8) is 0 Å². The van der Waals surface area contributed by atoms with Gasteiger partial charge in [-0.15, -0.1) is 0 Å². The average molecular weight is 261 g/mol. The second-order valence-electron chi connectivity index (χ2n) is 5.49. The topological polar surface area (TPSA) is 37.4 Å². The zero-order valence-electron chi connectivity index (χ0n) is 11.6. The summed E-state index contributed by atoms with van der Waals surface area (Å²) in [7, 11) is 1.99. The molecular weight excluding hydrogens is 238 g/mol. The summed E-state index contributed by atoms with van der Waals surface area (Å²) in [5.74, 6) is 0. The lowest BCUT2D eigenvalue weighted by molar-refractivity contribution is -0.00874. The molecule has 2 atom stereocenters. The average Bonchev–Trinajstić information content (AvgIpc) is 2.48. The van der Waals surface area contributed by atoms with Gasteiger partial charge in [0, 0.05) is 36.7 Å². The van der Waals surface area contributed by atoms with Crippen LogP contribution in [-0.2, 0) is 11.3 Å². The minimum Gasteiger partial charge on any atom is -0.374 e. The zero-order chi connectivity index (χ0) is 13.1. The number of hydrogen-bond donors (Lipinski definition) is 1. The van der Waals surface area contributed by atoms with E-state index in [2.05, 4.69) is 21.3 Å². The molecule has 1 saturated heterocycles. The van der Waals surface area contributed by atoms with Crippen molar-refractivity contribution >= 4 is 5.69 Å². The molecule has 1 saturated carbocycles. The summed E-state index contributed by atoms with van der Waals surface area (Å²) in [6, 6.07) is 2.71. The van der Waals surface area contributed by atoms with Gasteiger partial charge in [-0.05, 0) is 26.0 Å². The predicted molar refractivity (Wildman–Crippen MR) is 76.3 cm³/mol. The van der Waals surface area contributed by atoms with Gasteiger partial charge in [0.25, 0.3) is 0 Å². The van der Waals surface area contributed by atoms with Crippen LogP contribution in [0, 0.1) is 0 Å². The third-order valence-corrected chi connectivity index (χ3v) is 4.29. The summed E-state index contributed by atoms with van der Waals surface area (Å²) in [6.07, 6.45) is 9.43. The molecule has 2 heterocycles. The van der Waals surface area contributed by atoms with E-state index >= 15 is 0 Å². The Morgan fingerprint density at radius 2 is 2.32 bits per heavy atom. The van der Waals surface area contributed by atoms with Gasteiger partial charge in [-0.2, -0.15) is 0 Å². The van der Waals surface area contributed by atoms with Gasteiger partial charge in [0.05, 0.1) is 18.8 Å². The number of ether oxygens (including phenoxy) is 1. The molecule has 0 amide bonds. The lowest BCUT2D eigenvalue weighted by Crippen LogP contribution is -2.53. The number of fused-ring (bicyclic) bond motifs is 1. The Bertz CT molecular complexity index is 422. The highest BCUT2D eigenvalue weighted by atomic mass is 16.5. The Morgan fingerprint density at radius 1 is 1.42 bits per heavy atom. The van der Waals surface area contributed by atoms with E-state index in [1.54, 1.807) is 0 Å². The molecule has 2 fully saturated rings. The van der Waals surface area contributed by atoms with E-state index in [1.807, 2.05) is 19.4 Å². The van der Waals surface area contributed by atoms with Crippen molar-refractivity contribution < 1.29 is 4.74 Å². The van der Waals surface area contributed by atoms with Crippen LogP contribution in [-0.4, -0.2) is 37.3 Å². The van der Waals surface area contributed by atoms with Crippen molar-refractivity contribution in [2.24, 2.45) is 0 Å². The van der Waals surface area contributed by atoms with Crippen LogP contribution in [0.2, 0.25) is 0 Å². The molecule has 0 bridgehead atoms. The van der Waals surface area contributed by atoms with E-state index in [1.165, 1.54) is 36.9 Å². The number of morpholine rings is 1. The number of hydrogen-bond acceptors (Lipinski definition) is 4. The van der Waals surface area contributed by atoms with Crippen molar-refractivity contribution in [1.29, 1.82) is 0 Å². The fourth-order valence-electron chi connectivity index (χ4n) is 3.42. The normalized spacial score (nSPS) is 27.1. The van der Waals surface area contributed by atoms with Crippen LogP contribution >= 0.6 is 0 Å². The van der Waals surface area contributed by atoms with Crippen LogP contribution in [0.25, 0.3) is 0 Å². The highest BCUT2D eigenvalue weighted by molar-refractivity contribution is 5.53. The van der Waals surface area contributed by atoms with Crippen LogP contribution in [0.5, 0.6) is 0 Å². The highest BCUT2D eigenvalue weighted by Gasteiger charge is 2.34. The molecule has 4 nitrogen and oxygen atoms in total. The number of nitrogens with zero attached hydrogens (tertiary/aromatic N) is 2. The maximum absolute atomic E-state index is 5.96. The molecule has 0 spiro atoms. The fourth-order valence-corrected chi connectivity index (χ4v) is 3.42. The number of anilines is 1. The largest absolute Gasteiger partial charge is 0.374 e. The summed E-state index contributed by atoms with van der Waals surface area (Å²) < 4.78 is 5.96. The Hall–Kier alpha value is -1.13. The molecule has 0 radical (unpaired) electrons. The third kappa shape index (κ3) is 2.60. The van der Waals surface area contributed by atoms with E-state index in [0.29, 0.717) is 12.1 Å². The lowest BCUT2D eigenvalue weighted by atomic mass is 9.89. The van der Waals surface area contributed by atoms with Gasteiger partial charge in [-0.3, -0.25) is 4.98 Å². The van der Waals surface area contributed by atoms with Gasteiger partial charge in [0.2, 0.25) is 0 Å². The van der Waals surface area contributed by atoms with Crippen LogP contribution in [0.4, 0.5) is 5.69 Å². The second-order valence-corrected chi connectivity index (χ2v) is 5.49. The van der Waals surface area contributed by atoms with Crippen molar-refractivity contribution in [1.82, 2.24) is 10.3 Å². The van der Waals surface area contributed by atoms with Gasteiger partial charge >= 0.3 is 0 Å². The standard InChI is InChI=1S/C15H23N3O/c1-16-10-12-11-17-7-6-13(12)18-8-9-19-15-5-3-2-4-14(15)18/h6-7,11,14-16H,2-5,8-10H2,1H3. The molecule has 3 rings (SSSR count). The number of aromatic nitrogens is 1. The Labute approximate surface area is 115 Å². The summed E-state index contributed by atoms with van der Waals surface area (Å²) in [6.45, 7) is 2.72. The van der Waals surface area contributed by atoms with E-state index in [0.717, 1.165) is 19.7 Å². The summed E-state index contributed by atoms with van der Waals surface area (Å²) in [5, 5.41) is 3.24. The van der Waals surface area contributed by atoms with Gasteiger partial charge < -0.3 is 15.0 Å². The molecule has 19 heavy (non-hydrogen) atoms. The zero-order valence-corrected chi connectivity index (χ0v) is 11.6. The second kappa shape index (κ2) is 5.88. The molecule has 2 aliphatic rings. The first-order valence-electron chi connectivity index (χ1n) is 7.36. The number of rotatable bonds is 3. The van der Waals surface area contributed by atoms with E-state index in [9.17, 15) is 0 Å². The molecule has 1 aliphatic carbocycles. The Morgan fingerprint density at radius 3 is 3.21 bits per heavy atom. The summed E-state index contributed by atoms with van der Waals surface area (Å²) in [5.41, 5.74) is 2.63. The fraction of sp³-hybridized carbons (Fsp3) is 0.667. The molecule has 4 heteroatoms. The van der Waals surface area contributed by atoms with Crippen LogP contribution < -0.4 is 10.2 Å². The molecule has 1 aliphatic heterocycles. The quantitative estimate of drug-likeness (QED) is 0.902. The van der Waals surface area contributed by atoms with Gasteiger partial charge in [-0.25, -0.2) is 0 Å². The van der Waals surface area contributed by atoms with Gasteiger partial charge in [0.1, 0.15) is 0 Å². The minimum atomic E-state index is 0.429. The maximum Gasteiger partial charge on any atom is 0.0779 e. The Kier molecular flexibility index (Phi) is 3.99. The molecule has 1 N–H and O–H groups in total. The van der Waals surface area contributed by atoms with Crippen LogP contribution in [0.3, 0.4) is 0 Å². The maximum atomic E-state index is 5.96. The number of pyridine rings is 1. The Balaban J connectivity index is 1.87. The SMILES string of the molecule is CNCc1cnccc1N1CCOC2CCCCC21.